The number of benzene rings is 1. The molecule has 130 valence electrons. The van der Waals surface area contributed by atoms with E-state index in [4.69, 9.17) is 8.83 Å². The molecule has 0 aliphatic rings. The van der Waals surface area contributed by atoms with Gasteiger partial charge >= 0.3 is 0 Å². The van der Waals surface area contributed by atoms with Crippen molar-refractivity contribution in [2.75, 3.05) is 6.54 Å². The predicted molar refractivity (Wildman–Crippen MR) is 89.5 cm³/mol. The Balaban J connectivity index is 1.67. The summed E-state index contributed by atoms with van der Waals surface area (Å²) in [4.78, 5) is 12.5. The standard InChI is InChI=1S/C17H18N4O4/c1-2-9-20(11-13-5-7-14(8-6-13)21(22)23)12-16-18-19-17(25-16)15-4-3-10-24-15/h3-8,10H,2,9,11-12H2,1H3. The summed E-state index contributed by atoms with van der Waals surface area (Å²) >= 11 is 0. The second-order valence-electron chi connectivity index (χ2n) is 5.61. The van der Waals surface area contributed by atoms with Gasteiger partial charge in [0.2, 0.25) is 5.89 Å². The zero-order chi connectivity index (χ0) is 17.6. The Labute approximate surface area is 144 Å². The van der Waals surface area contributed by atoms with E-state index in [1.54, 1.807) is 30.5 Å². The number of rotatable bonds is 8. The van der Waals surface area contributed by atoms with E-state index in [0.29, 0.717) is 30.6 Å². The summed E-state index contributed by atoms with van der Waals surface area (Å²) in [7, 11) is 0. The largest absolute Gasteiger partial charge is 0.459 e. The van der Waals surface area contributed by atoms with E-state index in [9.17, 15) is 10.1 Å². The van der Waals surface area contributed by atoms with Crippen molar-refractivity contribution >= 4 is 5.69 Å². The first-order valence-electron chi connectivity index (χ1n) is 7.97. The Morgan fingerprint density at radius 3 is 2.60 bits per heavy atom. The SMILES string of the molecule is CCCN(Cc1ccc([N+](=O)[O-])cc1)Cc1nnc(-c2ccco2)o1. The quantitative estimate of drug-likeness (QED) is 0.455. The molecular weight excluding hydrogens is 324 g/mol. The number of aromatic nitrogens is 2. The fourth-order valence-corrected chi connectivity index (χ4v) is 2.52. The Bertz CT molecular complexity index is 812. The monoisotopic (exact) mass is 342 g/mol. The second kappa shape index (κ2) is 7.71. The minimum absolute atomic E-state index is 0.0887. The Morgan fingerprint density at radius 2 is 1.96 bits per heavy atom. The Hall–Kier alpha value is -3.00. The lowest BCUT2D eigenvalue weighted by molar-refractivity contribution is -0.384. The second-order valence-corrected chi connectivity index (χ2v) is 5.61. The minimum Gasteiger partial charge on any atom is -0.459 e. The van der Waals surface area contributed by atoms with E-state index in [-0.39, 0.29) is 5.69 Å². The molecule has 0 saturated carbocycles. The van der Waals surface area contributed by atoms with Gasteiger partial charge < -0.3 is 8.83 Å². The van der Waals surface area contributed by atoms with Gasteiger partial charge in [0.25, 0.3) is 11.6 Å². The molecule has 0 aliphatic heterocycles. The summed E-state index contributed by atoms with van der Waals surface area (Å²) in [5.41, 5.74) is 1.08. The highest BCUT2D eigenvalue weighted by atomic mass is 16.6. The van der Waals surface area contributed by atoms with Crippen LogP contribution >= 0.6 is 0 Å². The average Bonchev–Trinajstić information content (AvgIpc) is 3.26. The van der Waals surface area contributed by atoms with Gasteiger partial charge in [0.15, 0.2) is 5.76 Å². The molecule has 8 heteroatoms. The van der Waals surface area contributed by atoms with Crippen LogP contribution in [0.25, 0.3) is 11.7 Å². The summed E-state index contributed by atoms with van der Waals surface area (Å²) in [6.45, 7) is 4.07. The molecule has 0 unspecified atom stereocenters. The van der Waals surface area contributed by atoms with Gasteiger partial charge in [-0.1, -0.05) is 19.1 Å². The maximum Gasteiger partial charge on any atom is 0.283 e. The van der Waals surface area contributed by atoms with Gasteiger partial charge in [-0.25, -0.2) is 0 Å². The first kappa shape index (κ1) is 16.8. The highest BCUT2D eigenvalue weighted by Gasteiger charge is 2.15. The molecule has 0 bridgehead atoms. The van der Waals surface area contributed by atoms with Crippen molar-refractivity contribution in [3.63, 3.8) is 0 Å². The first-order chi connectivity index (χ1) is 12.2. The van der Waals surface area contributed by atoms with E-state index in [2.05, 4.69) is 22.0 Å². The molecule has 25 heavy (non-hydrogen) atoms. The highest BCUT2D eigenvalue weighted by molar-refractivity contribution is 5.42. The smallest absolute Gasteiger partial charge is 0.283 e. The molecule has 0 radical (unpaired) electrons. The van der Waals surface area contributed by atoms with Crippen LogP contribution in [0.15, 0.2) is 51.5 Å². The number of furan rings is 1. The van der Waals surface area contributed by atoms with E-state index >= 15 is 0 Å². The molecule has 2 aromatic heterocycles. The van der Waals surface area contributed by atoms with E-state index in [1.807, 2.05) is 0 Å². The van der Waals surface area contributed by atoms with Gasteiger partial charge in [-0.3, -0.25) is 15.0 Å². The van der Waals surface area contributed by atoms with Crippen molar-refractivity contribution in [1.82, 2.24) is 15.1 Å². The summed E-state index contributed by atoms with van der Waals surface area (Å²) in [6, 6.07) is 10.1. The zero-order valence-electron chi connectivity index (χ0n) is 13.8. The topological polar surface area (TPSA) is 98.4 Å². The Kier molecular flexibility index (Phi) is 5.20. The average molecular weight is 342 g/mol. The normalized spacial score (nSPS) is 11.1. The molecule has 1 aromatic carbocycles. The fourth-order valence-electron chi connectivity index (χ4n) is 2.52. The van der Waals surface area contributed by atoms with Crippen molar-refractivity contribution < 1.29 is 13.8 Å². The Morgan fingerprint density at radius 1 is 1.16 bits per heavy atom. The van der Waals surface area contributed by atoms with Gasteiger partial charge in [0.1, 0.15) is 0 Å². The molecule has 0 N–H and O–H groups in total. The highest BCUT2D eigenvalue weighted by Crippen LogP contribution is 2.19. The van der Waals surface area contributed by atoms with Crippen LogP contribution in [0, 0.1) is 10.1 Å². The zero-order valence-corrected chi connectivity index (χ0v) is 13.8. The number of nitro benzene ring substituents is 1. The van der Waals surface area contributed by atoms with E-state index in [1.165, 1.54) is 12.1 Å². The molecule has 0 fully saturated rings. The molecule has 3 rings (SSSR count). The third-order valence-electron chi connectivity index (χ3n) is 3.65. The molecule has 0 spiro atoms. The van der Waals surface area contributed by atoms with Gasteiger partial charge in [-0.2, -0.15) is 0 Å². The predicted octanol–water partition coefficient (Wildman–Crippen LogP) is 3.65. The number of nitro groups is 1. The van der Waals surface area contributed by atoms with Crippen molar-refractivity contribution in [2.45, 2.75) is 26.4 Å². The number of nitrogens with zero attached hydrogens (tertiary/aromatic N) is 4. The number of hydrogen-bond donors (Lipinski definition) is 0. The number of hydrogen-bond acceptors (Lipinski definition) is 7. The van der Waals surface area contributed by atoms with Gasteiger partial charge in [0, 0.05) is 18.7 Å². The molecule has 8 nitrogen and oxygen atoms in total. The number of non-ortho nitro benzene ring substituents is 1. The molecule has 2 heterocycles. The van der Waals surface area contributed by atoms with Crippen LogP contribution in [-0.2, 0) is 13.1 Å². The van der Waals surface area contributed by atoms with Crippen LogP contribution in [-0.4, -0.2) is 26.6 Å². The van der Waals surface area contributed by atoms with Gasteiger partial charge in [0.05, 0.1) is 17.7 Å². The van der Waals surface area contributed by atoms with Crippen LogP contribution in [0.1, 0.15) is 24.8 Å². The van der Waals surface area contributed by atoms with Crippen molar-refractivity contribution in [3.05, 3.63) is 64.2 Å². The summed E-state index contributed by atoms with van der Waals surface area (Å²) in [5, 5.41) is 18.8. The minimum atomic E-state index is -0.401. The van der Waals surface area contributed by atoms with Crippen LogP contribution < -0.4 is 0 Å². The van der Waals surface area contributed by atoms with Crippen LogP contribution in [0.3, 0.4) is 0 Å². The molecule has 0 amide bonds. The summed E-state index contributed by atoms with van der Waals surface area (Å²) in [5.74, 6) is 1.39. The van der Waals surface area contributed by atoms with Crippen LogP contribution in [0.2, 0.25) is 0 Å². The lowest BCUT2D eigenvalue weighted by Crippen LogP contribution is -2.23. The van der Waals surface area contributed by atoms with Crippen LogP contribution in [0.5, 0.6) is 0 Å². The molecule has 0 saturated heterocycles. The molecule has 0 aliphatic carbocycles. The van der Waals surface area contributed by atoms with Gasteiger partial charge in [-0.15, -0.1) is 10.2 Å². The van der Waals surface area contributed by atoms with Crippen molar-refractivity contribution in [3.8, 4) is 11.7 Å². The fraction of sp³-hybridized carbons (Fsp3) is 0.294. The van der Waals surface area contributed by atoms with E-state index in [0.717, 1.165) is 18.5 Å². The molecule has 0 atom stereocenters. The van der Waals surface area contributed by atoms with Crippen LogP contribution in [0.4, 0.5) is 5.69 Å². The summed E-state index contributed by atoms with van der Waals surface area (Å²) in [6.07, 6.45) is 2.52. The maximum absolute atomic E-state index is 10.7. The first-order valence-corrected chi connectivity index (χ1v) is 7.97. The molecular formula is C17H18N4O4. The van der Waals surface area contributed by atoms with E-state index < -0.39 is 4.92 Å². The third kappa shape index (κ3) is 4.30. The van der Waals surface area contributed by atoms with Crippen molar-refractivity contribution in [1.29, 1.82) is 0 Å². The lowest BCUT2D eigenvalue weighted by Gasteiger charge is -2.19. The summed E-state index contributed by atoms with van der Waals surface area (Å²) < 4.78 is 10.9. The lowest BCUT2D eigenvalue weighted by atomic mass is 10.2. The van der Waals surface area contributed by atoms with Crippen molar-refractivity contribution in [2.24, 2.45) is 0 Å². The molecule has 3 aromatic rings. The maximum atomic E-state index is 10.7. The van der Waals surface area contributed by atoms with Gasteiger partial charge in [-0.05, 0) is 30.7 Å². The third-order valence-corrected chi connectivity index (χ3v) is 3.65.